The molecule has 0 saturated heterocycles. The Morgan fingerprint density at radius 2 is 1.81 bits per heavy atom. The highest BCUT2D eigenvalue weighted by atomic mass is 19.4. The van der Waals surface area contributed by atoms with Crippen LogP contribution < -0.4 is 5.32 Å². The Hall–Kier alpha value is -3.16. The number of hydrogen-bond acceptors (Lipinski definition) is 2. The van der Waals surface area contributed by atoms with Gasteiger partial charge in [-0.3, -0.25) is 9.48 Å². The maximum absolute atomic E-state index is 12.9. The van der Waals surface area contributed by atoms with Gasteiger partial charge < -0.3 is 5.32 Å². The van der Waals surface area contributed by atoms with Crippen molar-refractivity contribution < 1.29 is 22.4 Å². The molecule has 0 aliphatic carbocycles. The highest BCUT2D eigenvalue weighted by molar-refractivity contribution is 6.03. The van der Waals surface area contributed by atoms with E-state index in [1.165, 1.54) is 35.0 Å². The summed E-state index contributed by atoms with van der Waals surface area (Å²) in [5.41, 5.74) is 0.644. The van der Waals surface area contributed by atoms with E-state index in [2.05, 4.69) is 10.4 Å². The summed E-state index contributed by atoms with van der Waals surface area (Å²) in [7, 11) is 0. The molecule has 0 atom stereocenters. The number of anilines is 1. The van der Waals surface area contributed by atoms with Crippen LogP contribution in [0.5, 0.6) is 0 Å². The molecule has 1 N–H and O–H groups in total. The summed E-state index contributed by atoms with van der Waals surface area (Å²) >= 11 is 0. The molecule has 0 radical (unpaired) electrons. The molecule has 140 valence electrons. The minimum Gasteiger partial charge on any atom is -0.305 e. The lowest BCUT2D eigenvalue weighted by Gasteiger charge is -2.09. The first-order valence-electron chi connectivity index (χ1n) is 8.00. The summed E-state index contributed by atoms with van der Waals surface area (Å²) in [5, 5.41) is 6.80. The third-order valence-electron chi connectivity index (χ3n) is 3.92. The lowest BCUT2D eigenvalue weighted by Crippen LogP contribution is -2.13. The summed E-state index contributed by atoms with van der Waals surface area (Å²) in [4.78, 5) is 12.2. The van der Waals surface area contributed by atoms with Crippen LogP contribution in [0.3, 0.4) is 0 Å². The number of benzene rings is 2. The Morgan fingerprint density at radius 1 is 1.11 bits per heavy atom. The zero-order chi connectivity index (χ0) is 19.6. The molecule has 2 aromatic carbocycles. The Kier molecular flexibility index (Phi) is 4.98. The Labute approximate surface area is 152 Å². The minimum absolute atomic E-state index is 0.127. The van der Waals surface area contributed by atoms with Crippen LogP contribution in [-0.2, 0) is 12.7 Å². The predicted octanol–water partition coefficient (Wildman–Crippen LogP) is 4.65. The van der Waals surface area contributed by atoms with Crippen molar-refractivity contribution in [1.82, 2.24) is 9.78 Å². The van der Waals surface area contributed by atoms with Gasteiger partial charge in [-0.2, -0.15) is 18.3 Å². The number of aromatic nitrogens is 2. The second-order valence-corrected chi connectivity index (χ2v) is 5.99. The smallest absolute Gasteiger partial charge is 0.305 e. The van der Waals surface area contributed by atoms with E-state index in [1.807, 2.05) is 0 Å². The Morgan fingerprint density at radius 3 is 2.48 bits per heavy atom. The maximum Gasteiger partial charge on any atom is 0.416 e. The van der Waals surface area contributed by atoms with E-state index in [9.17, 15) is 22.4 Å². The topological polar surface area (TPSA) is 46.9 Å². The third-order valence-corrected chi connectivity index (χ3v) is 3.92. The molecule has 0 spiro atoms. The molecule has 27 heavy (non-hydrogen) atoms. The van der Waals surface area contributed by atoms with Gasteiger partial charge in [0.15, 0.2) is 5.82 Å². The van der Waals surface area contributed by atoms with E-state index in [4.69, 9.17) is 0 Å². The molecule has 3 rings (SSSR count). The van der Waals surface area contributed by atoms with Crippen LogP contribution in [0, 0.1) is 12.7 Å². The zero-order valence-electron chi connectivity index (χ0n) is 14.2. The number of nitrogens with zero attached hydrogens (tertiary/aromatic N) is 2. The van der Waals surface area contributed by atoms with Crippen molar-refractivity contribution in [2.24, 2.45) is 0 Å². The molecule has 0 aliphatic rings. The van der Waals surface area contributed by atoms with Crippen molar-refractivity contribution in [2.75, 3.05) is 5.32 Å². The number of hydrogen-bond donors (Lipinski definition) is 1. The van der Waals surface area contributed by atoms with E-state index in [-0.39, 0.29) is 17.9 Å². The van der Waals surface area contributed by atoms with Gasteiger partial charge >= 0.3 is 6.18 Å². The van der Waals surface area contributed by atoms with Crippen molar-refractivity contribution in [3.63, 3.8) is 0 Å². The number of halogens is 4. The van der Waals surface area contributed by atoms with E-state index in [0.29, 0.717) is 11.3 Å². The fourth-order valence-corrected chi connectivity index (χ4v) is 2.54. The van der Waals surface area contributed by atoms with Crippen molar-refractivity contribution in [2.45, 2.75) is 19.6 Å². The van der Waals surface area contributed by atoms with Crippen LogP contribution in [0.15, 0.2) is 54.6 Å². The molecule has 0 aliphatic heterocycles. The van der Waals surface area contributed by atoms with Crippen molar-refractivity contribution in [3.05, 3.63) is 82.8 Å². The van der Waals surface area contributed by atoms with Gasteiger partial charge in [0, 0.05) is 17.3 Å². The van der Waals surface area contributed by atoms with Gasteiger partial charge in [-0.05, 0) is 48.9 Å². The molecular weight excluding hydrogens is 362 g/mol. The van der Waals surface area contributed by atoms with E-state index >= 15 is 0 Å². The van der Waals surface area contributed by atoms with Gasteiger partial charge in [-0.1, -0.05) is 12.1 Å². The first-order chi connectivity index (χ1) is 12.7. The van der Waals surface area contributed by atoms with Crippen molar-refractivity contribution in [3.8, 4) is 0 Å². The predicted molar refractivity (Wildman–Crippen MR) is 91.9 cm³/mol. The second-order valence-electron chi connectivity index (χ2n) is 5.99. The van der Waals surface area contributed by atoms with Crippen LogP contribution in [0.1, 0.15) is 27.2 Å². The van der Waals surface area contributed by atoms with Crippen LogP contribution in [-0.4, -0.2) is 15.7 Å². The molecule has 4 nitrogen and oxygen atoms in total. The molecule has 0 saturated carbocycles. The average molecular weight is 377 g/mol. The quantitative estimate of drug-likeness (QED) is 0.673. The third kappa shape index (κ3) is 4.52. The standard InChI is InChI=1S/C19H15F4N3O/c1-12-9-17(24-18(27)14-5-7-16(20)8-6-14)25-26(12)11-13-3-2-4-15(10-13)19(21,22)23/h2-10H,11H2,1H3,(H,24,25,27). The summed E-state index contributed by atoms with van der Waals surface area (Å²) in [6.07, 6.45) is -4.41. The lowest BCUT2D eigenvalue weighted by molar-refractivity contribution is -0.137. The van der Waals surface area contributed by atoms with Crippen LogP contribution in [0.4, 0.5) is 23.4 Å². The SMILES string of the molecule is Cc1cc(NC(=O)c2ccc(F)cc2)nn1Cc1cccc(C(F)(F)F)c1. The first-order valence-corrected chi connectivity index (χ1v) is 8.00. The first kappa shape index (κ1) is 18.6. The normalized spacial score (nSPS) is 11.4. The highest BCUT2D eigenvalue weighted by Crippen LogP contribution is 2.29. The highest BCUT2D eigenvalue weighted by Gasteiger charge is 2.30. The molecule has 0 unspecified atom stereocenters. The van der Waals surface area contributed by atoms with Gasteiger partial charge in [-0.15, -0.1) is 0 Å². The van der Waals surface area contributed by atoms with Crippen LogP contribution in [0.2, 0.25) is 0 Å². The summed E-state index contributed by atoms with van der Waals surface area (Å²) in [6.45, 7) is 1.86. The Bertz CT molecular complexity index is 962. The van der Waals surface area contributed by atoms with Crippen LogP contribution >= 0.6 is 0 Å². The van der Waals surface area contributed by atoms with Crippen molar-refractivity contribution in [1.29, 1.82) is 0 Å². The largest absolute Gasteiger partial charge is 0.416 e. The minimum atomic E-state index is -4.41. The van der Waals surface area contributed by atoms with Gasteiger partial charge in [0.05, 0.1) is 12.1 Å². The van der Waals surface area contributed by atoms with Gasteiger partial charge in [0.25, 0.3) is 5.91 Å². The fourth-order valence-electron chi connectivity index (χ4n) is 2.54. The number of alkyl halides is 3. The number of aryl methyl sites for hydroxylation is 1. The summed E-state index contributed by atoms with van der Waals surface area (Å²) < 4.78 is 52.9. The molecular formula is C19H15F4N3O. The molecule has 0 bridgehead atoms. The Balaban J connectivity index is 1.75. The zero-order valence-corrected chi connectivity index (χ0v) is 14.2. The number of nitrogens with one attached hydrogen (secondary N) is 1. The molecule has 1 aromatic heterocycles. The number of amides is 1. The molecule has 8 heteroatoms. The summed E-state index contributed by atoms with van der Waals surface area (Å²) in [6, 6.07) is 11.6. The number of carbonyl (C=O) groups excluding carboxylic acids is 1. The number of rotatable bonds is 4. The molecule has 3 aromatic rings. The summed E-state index contributed by atoms with van der Waals surface area (Å²) in [5.74, 6) is -0.653. The van der Waals surface area contributed by atoms with E-state index in [1.54, 1.807) is 19.1 Å². The van der Waals surface area contributed by atoms with E-state index in [0.717, 1.165) is 12.1 Å². The molecule has 1 heterocycles. The maximum atomic E-state index is 12.9. The van der Waals surface area contributed by atoms with Gasteiger partial charge in [0.1, 0.15) is 5.82 Å². The van der Waals surface area contributed by atoms with Gasteiger partial charge in [-0.25, -0.2) is 4.39 Å². The average Bonchev–Trinajstić information content (AvgIpc) is 2.94. The fraction of sp³-hybridized carbons (Fsp3) is 0.158. The van der Waals surface area contributed by atoms with Gasteiger partial charge in [0.2, 0.25) is 0 Å². The van der Waals surface area contributed by atoms with Crippen molar-refractivity contribution >= 4 is 11.7 Å². The van der Waals surface area contributed by atoms with E-state index < -0.39 is 23.5 Å². The molecule has 1 amide bonds. The monoisotopic (exact) mass is 377 g/mol. The second kappa shape index (κ2) is 7.22. The van der Waals surface area contributed by atoms with Crippen LogP contribution in [0.25, 0.3) is 0 Å². The number of carbonyl (C=O) groups is 1. The lowest BCUT2D eigenvalue weighted by atomic mass is 10.1. The molecule has 0 fully saturated rings.